The Kier molecular flexibility index (Phi) is 6.44. The number of amides is 4. The number of likely N-dealkylation sites (tertiary alicyclic amines) is 2. The summed E-state index contributed by atoms with van der Waals surface area (Å²) in [5.41, 5.74) is 0.746. The molecule has 1 saturated carbocycles. The van der Waals surface area contributed by atoms with Crippen LogP contribution in [0.5, 0.6) is 5.75 Å². The minimum absolute atomic E-state index is 0.0256. The maximum absolute atomic E-state index is 13.6. The normalized spacial score (nSPS) is 34.8. The van der Waals surface area contributed by atoms with Crippen LogP contribution in [0.2, 0.25) is 0 Å². The fraction of sp³-hybridized carbons (Fsp3) is 0.480. The third-order valence-electron chi connectivity index (χ3n) is 8.13. The molecule has 4 aliphatic rings. The highest BCUT2D eigenvalue weighted by Gasteiger charge is 2.76. The van der Waals surface area contributed by atoms with E-state index in [0.29, 0.717) is 11.1 Å². The van der Waals surface area contributed by atoms with Gasteiger partial charge in [-0.2, -0.15) is 0 Å². The molecule has 37 heavy (non-hydrogen) atoms. The molecule has 2 saturated heterocycles. The summed E-state index contributed by atoms with van der Waals surface area (Å²) in [6, 6.07) is 6.32. The van der Waals surface area contributed by atoms with E-state index in [4.69, 9.17) is 28.3 Å². The fourth-order valence-corrected chi connectivity index (χ4v) is 7.92. The third-order valence-corrected chi connectivity index (χ3v) is 10.0. The average molecular weight is 614 g/mol. The first kappa shape index (κ1) is 26.2. The lowest BCUT2D eigenvalue weighted by Gasteiger charge is -2.50. The van der Waals surface area contributed by atoms with E-state index in [0.717, 1.165) is 9.80 Å². The largest absolute Gasteiger partial charge is 0.508 e. The van der Waals surface area contributed by atoms with Crippen molar-refractivity contribution >= 4 is 68.7 Å². The van der Waals surface area contributed by atoms with E-state index in [9.17, 15) is 29.1 Å². The van der Waals surface area contributed by atoms with Crippen molar-refractivity contribution in [2.24, 2.45) is 17.8 Å². The molecule has 1 aromatic carbocycles. The first-order chi connectivity index (χ1) is 17.5. The Morgan fingerprint density at radius 3 is 2.41 bits per heavy atom. The van der Waals surface area contributed by atoms with E-state index >= 15 is 0 Å². The number of imide groups is 2. The SMILES string of the molecule is O=C(O)CCCN1C(=O)C2CC=C3C(CC4(Cl)C(=O)N(CBr)C(=O)C4(Cl)C3c3ccccc3O)C2C1=O. The van der Waals surface area contributed by atoms with E-state index < -0.39 is 63.0 Å². The van der Waals surface area contributed by atoms with E-state index in [1.54, 1.807) is 24.3 Å². The zero-order chi connectivity index (χ0) is 26.9. The average Bonchev–Trinajstić information content (AvgIpc) is 3.18. The molecule has 0 spiro atoms. The molecule has 6 atom stereocenters. The van der Waals surface area contributed by atoms with Crippen LogP contribution in [0.3, 0.4) is 0 Å². The second-order valence-corrected chi connectivity index (χ2v) is 11.6. The molecule has 0 bridgehead atoms. The number of carboxylic acid groups (broad SMARTS) is 1. The number of fused-ring (bicyclic) bond motifs is 4. The second-order valence-electron chi connectivity index (χ2n) is 9.87. The number of allylic oxidation sites excluding steroid dienone is 2. The lowest BCUT2D eigenvalue weighted by molar-refractivity contribution is -0.142. The van der Waals surface area contributed by atoms with Crippen molar-refractivity contribution < 1.29 is 34.2 Å². The maximum atomic E-state index is 13.6. The van der Waals surface area contributed by atoms with E-state index in [2.05, 4.69) is 15.9 Å². The Bertz CT molecular complexity index is 1270. The molecule has 12 heteroatoms. The topological polar surface area (TPSA) is 132 Å². The molecule has 2 N–H and O–H groups in total. The number of alkyl halides is 3. The van der Waals surface area contributed by atoms with Gasteiger partial charge in [0.25, 0.3) is 11.8 Å². The van der Waals surface area contributed by atoms with Crippen molar-refractivity contribution in [1.82, 2.24) is 9.80 Å². The predicted molar refractivity (Wildman–Crippen MR) is 135 cm³/mol. The fourth-order valence-electron chi connectivity index (χ4n) is 6.50. The van der Waals surface area contributed by atoms with Crippen molar-refractivity contribution in [1.29, 1.82) is 0 Å². The van der Waals surface area contributed by atoms with Gasteiger partial charge in [-0.25, -0.2) is 0 Å². The number of carbonyl (C=O) groups is 5. The Hall–Kier alpha value is -2.43. The van der Waals surface area contributed by atoms with Crippen molar-refractivity contribution in [2.75, 3.05) is 12.0 Å². The van der Waals surface area contributed by atoms with E-state index in [-0.39, 0.29) is 43.4 Å². The number of phenolic OH excluding ortho intramolecular Hbond substituents is 1. The quantitative estimate of drug-likeness (QED) is 0.218. The zero-order valence-corrected chi connectivity index (χ0v) is 22.5. The molecule has 4 amide bonds. The lowest BCUT2D eigenvalue weighted by Crippen LogP contribution is -2.60. The summed E-state index contributed by atoms with van der Waals surface area (Å²) in [5.74, 6) is -6.69. The molecule has 196 valence electrons. The van der Waals surface area contributed by atoms with Crippen LogP contribution in [0.25, 0.3) is 0 Å². The van der Waals surface area contributed by atoms with Crippen LogP contribution < -0.4 is 0 Å². The summed E-state index contributed by atoms with van der Waals surface area (Å²) in [7, 11) is 0. The van der Waals surface area contributed by atoms with Crippen molar-refractivity contribution in [3.05, 3.63) is 41.5 Å². The Balaban J connectivity index is 1.63. The zero-order valence-electron chi connectivity index (χ0n) is 19.4. The van der Waals surface area contributed by atoms with Crippen LogP contribution >= 0.6 is 39.1 Å². The minimum Gasteiger partial charge on any atom is -0.508 e. The number of nitrogens with zero attached hydrogens (tertiary/aromatic N) is 2. The number of para-hydroxylation sites is 1. The van der Waals surface area contributed by atoms with Crippen LogP contribution in [-0.4, -0.2) is 71.4 Å². The second kappa shape index (κ2) is 9.10. The number of rotatable bonds is 6. The molecule has 6 unspecified atom stereocenters. The van der Waals surface area contributed by atoms with Crippen LogP contribution in [0.4, 0.5) is 0 Å². The molecule has 1 aromatic rings. The molecule has 0 radical (unpaired) electrons. The summed E-state index contributed by atoms with van der Waals surface area (Å²) in [4.78, 5) is 63.0. The number of phenols is 1. The van der Waals surface area contributed by atoms with Gasteiger partial charge in [-0.1, -0.05) is 45.8 Å². The molecule has 2 aliphatic carbocycles. The Morgan fingerprint density at radius 2 is 1.76 bits per heavy atom. The monoisotopic (exact) mass is 612 g/mol. The van der Waals surface area contributed by atoms with Crippen LogP contribution in [0.15, 0.2) is 35.9 Å². The van der Waals surface area contributed by atoms with Crippen molar-refractivity contribution in [3.8, 4) is 5.75 Å². The number of carbonyl (C=O) groups excluding carboxylic acids is 4. The Morgan fingerprint density at radius 1 is 1.05 bits per heavy atom. The summed E-state index contributed by atoms with van der Waals surface area (Å²) in [6.45, 7) is -0.0256. The van der Waals surface area contributed by atoms with Crippen LogP contribution in [0, 0.1) is 17.8 Å². The number of hydrogen-bond donors (Lipinski definition) is 2. The predicted octanol–water partition coefficient (Wildman–Crippen LogP) is 2.97. The number of benzene rings is 1. The first-order valence-electron chi connectivity index (χ1n) is 11.8. The van der Waals surface area contributed by atoms with Gasteiger partial charge in [0.15, 0.2) is 9.75 Å². The van der Waals surface area contributed by atoms with Gasteiger partial charge in [-0.05, 0) is 31.2 Å². The van der Waals surface area contributed by atoms with Gasteiger partial charge in [-0.3, -0.25) is 33.8 Å². The van der Waals surface area contributed by atoms with Gasteiger partial charge >= 0.3 is 5.97 Å². The molecule has 2 aliphatic heterocycles. The van der Waals surface area contributed by atoms with Crippen LogP contribution in [0.1, 0.15) is 37.2 Å². The van der Waals surface area contributed by atoms with Gasteiger partial charge < -0.3 is 10.2 Å². The Labute approximate surface area is 230 Å². The van der Waals surface area contributed by atoms with Gasteiger partial charge in [0.05, 0.1) is 17.3 Å². The summed E-state index contributed by atoms with van der Waals surface area (Å²) >= 11 is 17.3. The highest BCUT2D eigenvalue weighted by molar-refractivity contribution is 9.09. The standard InChI is InChI=1S/C25H23BrCl2N2O7/c26-11-30-22(36)24(27)10-15-12(19(25(24,28)23(30)37)13-4-1-2-5-16(13)31)7-8-14-18(15)21(35)29(20(14)34)9-3-6-17(32)33/h1-2,4-5,7,14-15,18-19,31H,3,6,8-11H2,(H,32,33). The lowest BCUT2D eigenvalue weighted by atomic mass is 9.56. The van der Waals surface area contributed by atoms with Gasteiger partial charge in [0, 0.05) is 24.4 Å². The highest BCUT2D eigenvalue weighted by atomic mass is 79.9. The van der Waals surface area contributed by atoms with E-state index in [1.807, 2.05) is 0 Å². The molecule has 0 aromatic heterocycles. The number of hydrogen-bond acceptors (Lipinski definition) is 6. The molecule has 3 fully saturated rings. The molecule has 2 heterocycles. The van der Waals surface area contributed by atoms with Crippen LogP contribution in [-0.2, 0) is 24.0 Å². The molecular formula is C25H23BrCl2N2O7. The number of halogens is 3. The molecule has 9 nitrogen and oxygen atoms in total. The summed E-state index contributed by atoms with van der Waals surface area (Å²) < 4.78 is 0. The number of aromatic hydroxyl groups is 1. The van der Waals surface area contributed by atoms with Gasteiger partial charge in [0.2, 0.25) is 11.8 Å². The van der Waals surface area contributed by atoms with Gasteiger partial charge in [0.1, 0.15) is 5.75 Å². The highest BCUT2D eigenvalue weighted by Crippen LogP contribution is 2.66. The summed E-state index contributed by atoms with van der Waals surface area (Å²) in [5, 5.41) is 19.7. The molecule has 5 rings (SSSR count). The van der Waals surface area contributed by atoms with Crippen molar-refractivity contribution in [2.45, 2.75) is 41.3 Å². The smallest absolute Gasteiger partial charge is 0.303 e. The third kappa shape index (κ3) is 3.51. The number of carboxylic acids is 1. The summed E-state index contributed by atoms with van der Waals surface area (Å²) in [6.07, 6.45) is 1.77. The maximum Gasteiger partial charge on any atom is 0.303 e. The van der Waals surface area contributed by atoms with Gasteiger partial charge in [-0.15, -0.1) is 23.2 Å². The first-order valence-corrected chi connectivity index (χ1v) is 13.7. The van der Waals surface area contributed by atoms with Crippen molar-refractivity contribution in [3.63, 3.8) is 0 Å². The molecular weight excluding hydrogens is 591 g/mol. The minimum atomic E-state index is -1.97. The van der Waals surface area contributed by atoms with E-state index in [1.165, 1.54) is 6.07 Å². The number of aliphatic carboxylic acids is 1.